The second kappa shape index (κ2) is 2.70. The number of carbonyl (C=O) groups is 1. The van der Waals surface area contributed by atoms with Gasteiger partial charge in [-0.15, -0.1) is 0 Å². The summed E-state index contributed by atoms with van der Waals surface area (Å²) in [6.45, 7) is 0. The maximum Gasteiger partial charge on any atom is 0.273 e. The van der Waals surface area contributed by atoms with Gasteiger partial charge in [0.15, 0.2) is 0 Å². The monoisotopic (exact) mass is 160 g/mol. The Balaban J connectivity index is 2.10. The number of anilines is 1. The SMILES string of the molecule is O=C1NC=C1Nc1ccccc1. The van der Waals surface area contributed by atoms with Gasteiger partial charge < -0.3 is 10.6 Å². The topological polar surface area (TPSA) is 41.1 Å². The molecule has 1 aromatic rings. The Labute approximate surface area is 70.1 Å². The van der Waals surface area contributed by atoms with E-state index >= 15 is 0 Å². The molecule has 0 aliphatic carbocycles. The minimum absolute atomic E-state index is 0.0566. The van der Waals surface area contributed by atoms with Crippen LogP contribution in [0.5, 0.6) is 0 Å². The highest BCUT2D eigenvalue weighted by Gasteiger charge is 2.15. The molecule has 1 aliphatic heterocycles. The van der Waals surface area contributed by atoms with Crippen LogP contribution in [0.2, 0.25) is 0 Å². The fraction of sp³-hybridized carbons (Fsp3) is 0. The lowest BCUT2D eigenvalue weighted by Crippen LogP contribution is -2.34. The van der Waals surface area contributed by atoms with Gasteiger partial charge in [-0.3, -0.25) is 4.79 Å². The van der Waals surface area contributed by atoms with Gasteiger partial charge in [-0.25, -0.2) is 0 Å². The van der Waals surface area contributed by atoms with Crippen LogP contribution in [-0.4, -0.2) is 5.91 Å². The Morgan fingerprint density at radius 3 is 2.42 bits per heavy atom. The molecule has 0 atom stereocenters. The van der Waals surface area contributed by atoms with Gasteiger partial charge in [-0.1, -0.05) is 18.2 Å². The molecule has 0 aromatic heterocycles. The normalized spacial score (nSPS) is 14.3. The van der Waals surface area contributed by atoms with Crippen molar-refractivity contribution in [1.29, 1.82) is 0 Å². The summed E-state index contributed by atoms with van der Waals surface area (Å²) in [5.74, 6) is -0.0566. The lowest BCUT2D eigenvalue weighted by atomic mass is 10.2. The van der Waals surface area contributed by atoms with Crippen molar-refractivity contribution in [3.8, 4) is 0 Å². The van der Waals surface area contributed by atoms with Gasteiger partial charge in [-0.05, 0) is 12.1 Å². The lowest BCUT2D eigenvalue weighted by molar-refractivity contribution is -0.118. The quantitative estimate of drug-likeness (QED) is 0.679. The fourth-order valence-corrected chi connectivity index (χ4v) is 0.973. The van der Waals surface area contributed by atoms with Gasteiger partial charge in [0.05, 0.1) is 0 Å². The van der Waals surface area contributed by atoms with Crippen LogP contribution in [0.4, 0.5) is 5.69 Å². The zero-order valence-corrected chi connectivity index (χ0v) is 6.37. The van der Waals surface area contributed by atoms with Crippen molar-refractivity contribution in [3.63, 3.8) is 0 Å². The second-order valence-electron chi connectivity index (χ2n) is 2.52. The molecule has 2 N–H and O–H groups in total. The predicted molar refractivity (Wildman–Crippen MR) is 46.3 cm³/mol. The molecule has 1 heterocycles. The Morgan fingerprint density at radius 1 is 1.17 bits per heavy atom. The molecule has 0 unspecified atom stereocenters. The van der Waals surface area contributed by atoms with Gasteiger partial charge in [0.25, 0.3) is 5.91 Å². The molecule has 0 fully saturated rings. The van der Waals surface area contributed by atoms with Crippen LogP contribution < -0.4 is 10.6 Å². The van der Waals surface area contributed by atoms with E-state index in [9.17, 15) is 4.79 Å². The van der Waals surface area contributed by atoms with Crippen molar-refractivity contribution in [3.05, 3.63) is 42.2 Å². The van der Waals surface area contributed by atoms with Crippen LogP contribution in [0.25, 0.3) is 0 Å². The number of hydrogen-bond donors (Lipinski definition) is 2. The third kappa shape index (κ3) is 1.16. The molecule has 0 bridgehead atoms. The highest BCUT2D eigenvalue weighted by molar-refractivity contribution is 6.02. The van der Waals surface area contributed by atoms with Gasteiger partial charge in [0.2, 0.25) is 0 Å². The van der Waals surface area contributed by atoms with Crippen LogP contribution in [0, 0.1) is 0 Å². The second-order valence-corrected chi connectivity index (χ2v) is 2.52. The van der Waals surface area contributed by atoms with E-state index in [1.165, 1.54) is 0 Å². The molecule has 3 nitrogen and oxygen atoms in total. The molecular formula is C9H8N2O. The first-order chi connectivity index (χ1) is 5.86. The summed E-state index contributed by atoms with van der Waals surface area (Å²) in [6.07, 6.45) is 1.65. The number of nitrogens with one attached hydrogen (secondary N) is 2. The van der Waals surface area contributed by atoms with E-state index < -0.39 is 0 Å². The number of para-hydroxylation sites is 1. The molecule has 0 spiro atoms. The number of benzene rings is 1. The van der Waals surface area contributed by atoms with E-state index in [0.29, 0.717) is 5.70 Å². The summed E-state index contributed by atoms with van der Waals surface area (Å²) in [5.41, 5.74) is 1.54. The number of rotatable bonds is 2. The smallest absolute Gasteiger partial charge is 0.273 e. The molecule has 1 aliphatic rings. The standard InChI is InChI=1S/C9H8N2O/c12-9-8(6-10-9)11-7-4-2-1-3-5-7/h1-6,11H,(H,10,12). The Bertz CT molecular complexity index is 330. The summed E-state index contributed by atoms with van der Waals surface area (Å²) >= 11 is 0. The first-order valence-corrected chi connectivity index (χ1v) is 3.69. The Kier molecular flexibility index (Phi) is 1.55. The predicted octanol–water partition coefficient (Wildman–Crippen LogP) is 1.07. The number of hydrogen-bond acceptors (Lipinski definition) is 2. The molecule has 3 heteroatoms. The molecule has 0 saturated carbocycles. The lowest BCUT2D eigenvalue weighted by Gasteiger charge is -2.16. The molecule has 2 rings (SSSR count). The van der Waals surface area contributed by atoms with Crippen molar-refractivity contribution in [2.24, 2.45) is 0 Å². The number of amides is 1. The summed E-state index contributed by atoms with van der Waals surface area (Å²) in [7, 11) is 0. The van der Waals surface area contributed by atoms with Crippen LogP contribution in [0.15, 0.2) is 42.2 Å². The third-order valence-electron chi connectivity index (χ3n) is 1.65. The summed E-state index contributed by atoms with van der Waals surface area (Å²) < 4.78 is 0. The molecule has 12 heavy (non-hydrogen) atoms. The number of carbonyl (C=O) groups excluding carboxylic acids is 1. The molecule has 0 saturated heterocycles. The highest BCUT2D eigenvalue weighted by atomic mass is 16.2. The summed E-state index contributed by atoms with van der Waals surface area (Å²) in [6, 6.07) is 9.58. The minimum Gasteiger partial charge on any atom is -0.350 e. The van der Waals surface area contributed by atoms with Crippen LogP contribution in [-0.2, 0) is 4.79 Å². The fourth-order valence-electron chi connectivity index (χ4n) is 0.973. The van der Waals surface area contributed by atoms with Crippen LogP contribution in [0.3, 0.4) is 0 Å². The Morgan fingerprint density at radius 2 is 1.92 bits per heavy atom. The van der Waals surface area contributed by atoms with Crippen LogP contribution >= 0.6 is 0 Å². The maximum absolute atomic E-state index is 10.8. The van der Waals surface area contributed by atoms with Crippen molar-refractivity contribution < 1.29 is 4.79 Å². The van der Waals surface area contributed by atoms with E-state index in [2.05, 4.69) is 10.6 Å². The van der Waals surface area contributed by atoms with E-state index in [0.717, 1.165) is 5.69 Å². The van der Waals surface area contributed by atoms with E-state index in [1.54, 1.807) is 6.20 Å². The van der Waals surface area contributed by atoms with Crippen molar-refractivity contribution in [2.45, 2.75) is 0 Å². The maximum atomic E-state index is 10.8. The van der Waals surface area contributed by atoms with Crippen molar-refractivity contribution in [1.82, 2.24) is 5.32 Å². The van der Waals surface area contributed by atoms with Crippen molar-refractivity contribution in [2.75, 3.05) is 5.32 Å². The van der Waals surface area contributed by atoms with E-state index in [-0.39, 0.29) is 5.91 Å². The average molecular weight is 160 g/mol. The van der Waals surface area contributed by atoms with Gasteiger partial charge in [-0.2, -0.15) is 0 Å². The zero-order chi connectivity index (χ0) is 8.39. The van der Waals surface area contributed by atoms with Crippen molar-refractivity contribution >= 4 is 11.6 Å². The molecule has 1 amide bonds. The Hall–Kier alpha value is -1.77. The first kappa shape index (κ1) is 6.91. The largest absolute Gasteiger partial charge is 0.350 e. The zero-order valence-electron chi connectivity index (χ0n) is 6.37. The summed E-state index contributed by atoms with van der Waals surface area (Å²) in [4.78, 5) is 10.8. The summed E-state index contributed by atoms with van der Waals surface area (Å²) in [5, 5.41) is 5.49. The highest BCUT2D eigenvalue weighted by Crippen LogP contribution is 2.11. The van der Waals surface area contributed by atoms with E-state index in [4.69, 9.17) is 0 Å². The van der Waals surface area contributed by atoms with Gasteiger partial charge >= 0.3 is 0 Å². The molecule has 0 radical (unpaired) electrons. The average Bonchev–Trinajstić information content (AvgIpc) is 2.14. The third-order valence-corrected chi connectivity index (χ3v) is 1.65. The minimum atomic E-state index is -0.0566. The molecule has 60 valence electrons. The van der Waals surface area contributed by atoms with Crippen LogP contribution in [0.1, 0.15) is 0 Å². The van der Waals surface area contributed by atoms with E-state index in [1.807, 2.05) is 30.3 Å². The first-order valence-electron chi connectivity index (χ1n) is 3.69. The molecular weight excluding hydrogens is 152 g/mol. The van der Waals surface area contributed by atoms with Gasteiger partial charge in [0, 0.05) is 11.9 Å². The van der Waals surface area contributed by atoms with Gasteiger partial charge in [0.1, 0.15) is 5.70 Å². The molecule has 1 aromatic carbocycles.